The summed E-state index contributed by atoms with van der Waals surface area (Å²) >= 11 is 3.54. The minimum absolute atomic E-state index is 0.444. The van der Waals surface area contributed by atoms with Crippen molar-refractivity contribution in [2.75, 3.05) is 16.8 Å². The van der Waals surface area contributed by atoms with E-state index in [4.69, 9.17) is 0 Å². The normalized spacial score (nSPS) is 11.3. The predicted octanol–water partition coefficient (Wildman–Crippen LogP) is 3.99. The number of aromatic nitrogens is 2. The molecule has 0 bridgehead atoms. The average Bonchev–Trinajstić information content (AvgIpc) is 2.39. The van der Waals surface area contributed by atoms with Crippen molar-refractivity contribution in [1.29, 1.82) is 0 Å². The van der Waals surface area contributed by atoms with E-state index in [1.54, 1.807) is 6.33 Å². The van der Waals surface area contributed by atoms with Gasteiger partial charge in [0.25, 0.3) is 0 Å². The van der Waals surface area contributed by atoms with Crippen LogP contribution in [0.25, 0.3) is 0 Å². The van der Waals surface area contributed by atoms with Crippen LogP contribution in [0.5, 0.6) is 0 Å². The fourth-order valence-corrected chi connectivity index (χ4v) is 2.52. The molecule has 0 amide bonds. The van der Waals surface area contributed by atoms with Crippen molar-refractivity contribution >= 4 is 21.7 Å². The molecule has 0 saturated heterocycles. The third-order valence-electron chi connectivity index (χ3n) is 3.27. The zero-order chi connectivity index (χ0) is 13.5. The summed E-state index contributed by atoms with van der Waals surface area (Å²) in [6, 6.07) is 2.68. The van der Waals surface area contributed by atoms with E-state index in [1.807, 2.05) is 0 Å². The van der Waals surface area contributed by atoms with Crippen molar-refractivity contribution in [2.45, 2.75) is 52.5 Å². The van der Waals surface area contributed by atoms with Gasteiger partial charge in [-0.15, -0.1) is 0 Å². The Morgan fingerprint density at radius 3 is 2.39 bits per heavy atom. The van der Waals surface area contributed by atoms with Crippen LogP contribution in [0.1, 0.15) is 52.1 Å². The standard InChI is InChI=1S/C14H24BrN3/c1-5-12(6-2)18(8-7-15)14-9-13(11(3)4)16-10-17-14/h9-12H,5-8H2,1-4H3. The summed E-state index contributed by atoms with van der Waals surface area (Å²) in [4.78, 5) is 11.2. The van der Waals surface area contributed by atoms with E-state index in [1.165, 1.54) is 0 Å². The first kappa shape index (κ1) is 15.4. The van der Waals surface area contributed by atoms with Gasteiger partial charge < -0.3 is 4.90 Å². The van der Waals surface area contributed by atoms with E-state index in [0.717, 1.165) is 36.2 Å². The highest BCUT2D eigenvalue weighted by Crippen LogP contribution is 2.21. The summed E-state index contributed by atoms with van der Waals surface area (Å²) in [5, 5.41) is 0.963. The molecule has 1 rings (SSSR count). The molecule has 0 atom stereocenters. The lowest BCUT2D eigenvalue weighted by molar-refractivity contribution is 0.562. The number of nitrogens with zero attached hydrogens (tertiary/aromatic N) is 3. The molecule has 0 aliphatic rings. The maximum atomic E-state index is 4.45. The van der Waals surface area contributed by atoms with Crippen molar-refractivity contribution in [3.05, 3.63) is 18.1 Å². The van der Waals surface area contributed by atoms with Gasteiger partial charge in [-0.25, -0.2) is 9.97 Å². The Hall–Kier alpha value is -0.640. The van der Waals surface area contributed by atoms with Gasteiger partial charge in [0.05, 0.1) is 0 Å². The first-order chi connectivity index (χ1) is 8.63. The molecule has 102 valence electrons. The highest BCUT2D eigenvalue weighted by Gasteiger charge is 2.17. The number of hydrogen-bond acceptors (Lipinski definition) is 3. The monoisotopic (exact) mass is 313 g/mol. The van der Waals surface area contributed by atoms with Crippen molar-refractivity contribution in [2.24, 2.45) is 0 Å². The molecule has 0 spiro atoms. The molecule has 0 N–H and O–H groups in total. The first-order valence-corrected chi connectivity index (χ1v) is 7.90. The summed E-state index contributed by atoms with van der Waals surface area (Å²) in [5.41, 5.74) is 1.12. The van der Waals surface area contributed by atoms with Gasteiger partial charge in [0.15, 0.2) is 0 Å². The molecular formula is C14H24BrN3. The Balaban J connectivity index is 3.00. The van der Waals surface area contributed by atoms with Crippen LogP contribution in [0.3, 0.4) is 0 Å². The number of halogens is 1. The molecule has 0 aromatic carbocycles. The van der Waals surface area contributed by atoms with Crippen molar-refractivity contribution in [3.8, 4) is 0 Å². The van der Waals surface area contributed by atoms with Crippen LogP contribution in [-0.4, -0.2) is 27.9 Å². The van der Waals surface area contributed by atoms with E-state index >= 15 is 0 Å². The lowest BCUT2D eigenvalue weighted by Gasteiger charge is -2.31. The summed E-state index contributed by atoms with van der Waals surface area (Å²) in [5.74, 6) is 1.50. The second-order valence-electron chi connectivity index (χ2n) is 4.81. The van der Waals surface area contributed by atoms with Crippen LogP contribution in [-0.2, 0) is 0 Å². The summed E-state index contributed by atoms with van der Waals surface area (Å²) in [7, 11) is 0. The number of rotatable bonds is 7. The maximum absolute atomic E-state index is 4.45. The largest absolute Gasteiger partial charge is 0.353 e. The molecule has 0 unspecified atom stereocenters. The average molecular weight is 314 g/mol. The Labute approximate surface area is 119 Å². The lowest BCUT2D eigenvalue weighted by atomic mass is 10.1. The van der Waals surface area contributed by atoms with Crippen molar-refractivity contribution < 1.29 is 0 Å². The molecule has 1 aromatic heterocycles. The first-order valence-electron chi connectivity index (χ1n) is 6.78. The topological polar surface area (TPSA) is 29.0 Å². The predicted molar refractivity (Wildman–Crippen MR) is 81.6 cm³/mol. The highest BCUT2D eigenvalue weighted by molar-refractivity contribution is 9.09. The fourth-order valence-electron chi connectivity index (χ4n) is 2.14. The molecule has 4 heteroatoms. The van der Waals surface area contributed by atoms with E-state index in [2.05, 4.69) is 64.6 Å². The Kier molecular flexibility index (Phi) is 6.61. The molecule has 1 heterocycles. The van der Waals surface area contributed by atoms with E-state index in [0.29, 0.717) is 12.0 Å². The molecule has 3 nitrogen and oxygen atoms in total. The number of alkyl halides is 1. The van der Waals surface area contributed by atoms with Gasteiger partial charge in [-0.2, -0.15) is 0 Å². The molecule has 0 radical (unpaired) electrons. The molecule has 0 saturated carbocycles. The van der Waals surface area contributed by atoms with Gasteiger partial charge in [0, 0.05) is 29.7 Å². The Morgan fingerprint density at radius 1 is 1.22 bits per heavy atom. The zero-order valence-electron chi connectivity index (χ0n) is 11.9. The number of hydrogen-bond donors (Lipinski definition) is 0. The molecule has 1 aromatic rings. The molecular weight excluding hydrogens is 290 g/mol. The molecule has 0 fully saturated rings. The van der Waals surface area contributed by atoms with Gasteiger partial charge in [0.1, 0.15) is 12.1 Å². The molecule has 0 aliphatic carbocycles. The minimum atomic E-state index is 0.444. The van der Waals surface area contributed by atoms with Crippen LogP contribution in [0, 0.1) is 0 Å². The SMILES string of the molecule is CCC(CC)N(CCBr)c1cc(C(C)C)ncn1. The Morgan fingerprint density at radius 2 is 1.89 bits per heavy atom. The van der Waals surface area contributed by atoms with Crippen molar-refractivity contribution in [3.63, 3.8) is 0 Å². The van der Waals surface area contributed by atoms with Crippen LogP contribution in [0.15, 0.2) is 12.4 Å². The van der Waals surface area contributed by atoms with Gasteiger partial charge in [-0.1, -0.05) is 43.6 Å². The molecule has 0 aliphatic heterocycles. The molecule has 18 heavy (non-hydrogen) atoms. The minimum Gasteiger partial charge on any atom is -0.353 e. The van der Waals surface area contributed by atoms with Gasteiger partial charge in [-0.3, -0.25) is 0 Å². The summed E-state index contributed by atoms with van der Waals surface area (Å²) < 4.78 is 0. The van der Waals surface area contributed by atoms with E-state index in [-0.39, 0.29) is 0 Å². The highest BCUT2D eigenvalue weighted by atomic mass is 79.9. The second kappa shape index (κ2) is 7.72. The quantitative estimate of drug-likeness (QED) is 0.713. The van der Waals surface area contributed by atoms with Gasteiger partial charge in [0.2, 0.25) is 0 Å². The van der Waals surface area contributed by atoms with Gasteiger partial charge in [-0.05, 0) is 18.8 Å². The zero-order valence-corrected chi connectivity index (χ0v) is 13.4. The smallest absolute Gasteiger partial charge is 0.132 e. The second-order valence-corrected chi connectivity index (χ2v) is 5.60. The summed E-state index contributed by atoms with van der Waals surface area (Å²) in [6.07, 6.45) is 3.98. The van der Waals surface area contributed by atoms with E-state index < -0.39 is 0 Å². The van der Waals surface area contributed by atoms with Crippen LogP contribution < -0.4 is 4.90 Å². The van der Waals surface area contributed by atoms with Crippen LogP contribution in [0.2, 0.25) is 0 Å². The van der Waals surface area contributed by atoms with Crippen LogP contribution >= 0.6 is 15.9 Å². The number of anilines is 1. The fraction of sp³-hybridized carbons (Fsp3) is 0.714. The third-order valence-corrected chi connectivity index (χ3v) is 3.62. The van der Waals surface area contributed by atoms with Crippen molar-refractivity contribution in [1.82, 2.24) is 9.97 Å². The Bertz CT molecular complexity index is 351. The summed E-state index contributed by atoms with van der Waals surface area (Å²) in [6.45, 7) is 9.79. The maximum Gasteiger partial charge on any atom is 0.132 e. The third kappa shape index (κ3) is 3.94. The lowest BCUT2D eigenvalue weighted by Crippen LogP contribution is -2.36. The van der Waals surface area contributed by atoms with E-state index in [9.17, 15) is 0 Å². The van der Waals surface area contributed by atoms with Crippen LogP contribution in [0.4, 0.5) is 5.82 Å². The van der Waals surface area contributed by atoms with Gasteiger partial charge >= 0.3 is 0 Å².